The van der Waals surface area contributed by atoms with Crippen molar-refractivity contribution in [2.24, 2.45) is 5.73 Å². The molecule has 0 aliphatic rings. The van der Waals surface area contributed by atoms with E-state index in [0.717, 1.165) is 5.56 Å². The van der Waals surface area contributed by atoms with Crippen LogP contribution >= 0.6 is 0 Å². The summed E-state index contributed by atoms with van der Waals surface area (Å²) in [5, 5.41) is 0. The van der Waals surface area contributed by atoms with Gasteiger partial charge in [0.1, 0.15) is 5.75 Å². The highest BCUT2D eigenvalue weighted by Crippen LogP contribution is 2.19. The number of benzene rings is 2. The van der Waals surface area contributed by atoms with E-state index in [0.29, 0.717) is 11.3 Å². The zero-order valence-electron chi connectivity index (χ0n) is 11.7. The average molecular weight is 306 g/mol. The molecule has 0 saturated carbocycles. The van der Waals surface area contributed by atoms with Crippen molar-refractivity contribution in [3.63, 3.8) is 0 Å². The summed E-state index contributed by atoms with van der Waals surface area (Å²) in [7, 11) is -2.06. The van der Waals surface area contributed by atoms with Crippen LogP contribution in [0.2, 0.25) is 0 Å². The summed E-state index contributed by atoms with van der Waals surface area (Å²) in [5.41, 5.74) is 6.95. The maximum Gasteiger partial charge on any atom is 0.241 e. The molecular formula is C15H18N2O3S. The number of rotatable bonds is 6. The second kappa shape index (κ2) is 6.71. The highest BCUT2D eigenvalue weighted by Gasteiger charge is 2.17. The molecule has 0 unspecified atom stereocenters. The first-order valence-corrected chi connectivity index (χ1v) is 7.96. The van der Waals surface area contributed by atoms with Gasteiger partial charge in [-0.05, 0) is 17.7 Å². The number of para-hydroxylation sites is 1. The van der Waals surface area contributed by atoms with Crippen LogP contribution in [0.5, 0.6) is 5.75 Å². The van der Waals surface area contributed by atoms with E-state index in [1.54, 1.807) is 37.4 Å². The fraction of sp³-hybridized carbons (Fsp3) is 0.200. The molecule has 3 N–H and O–H groups in total. The molecule has 0 aliphatic heterocycles. The predicted molar refractivity (Wildman–Crippen MR) is 81.4 cm³/mol. The van der Waals surface area contributed by atoms with Crippen molar-refractivity contribution in [3.8, 4) is 5.75 Å². The summed E-state index contributed by atoms with van der Waals surface area (Å²) in [6.07, 6.45) is 0. The van der Waals surface area contributed by atoms with E-state index in [4.69, 9.17) is 10.5 Å². The van der Waals surface area contributed by atoms with Crippen molar-refractivity contribution in [1.29, 1.82) is 0 Å². The second-order valence-electron chi connectivity index (χ2n) is 4.45. The Hall–Kier alpha value is -1.89. The van der Waals surface area contributed by atoms with E-state index in [1.807, 2.05) is 18.2 Å². The Morgan fingerprint density at radius 1 is 1.05 bits per heavy atom. The van der Waals surface area contributed by atoms with Crippen molar-refractivity contribution in [3.05, 3.63) is 59.7 Å². The zero-order valence-corrected chi connectivity index (χ0v) is 12.6. The number of nitrogens with two attached hydrogens (primary N) is 1. The summed E-state index contributed by atoms with van der Waals surface area (Å²) in [6, 6.07) is 14.0. The minimum Gasteiger partial charge on any atom is -0.496 e. The minimum atomic E-state index is -3.61. The van der Waals surface area contributed by atoms with Crippen molar-refractivity contribution in [1.82, 2.24) is 4.72 Å². The lowest BCUT2D eigenvalue weighted by Gasteiger charge is -2.12. The average Bonchev–Trinajstić information content (AvgIpc) is 2.53. The van der Waals surface area contributed by atoms with Gasteiger partial charge in [-0.2, -0.15) is 0 Å². The molecule has 0 atom stereocenters. The first-order valence-electron chi connectivity index (χ1n) is 6.48. The number of methoxy groups -OCH3 is 1. The Kier molecular flexibility index (Phi) is 4.95. The van der Waals surface area contributed by atoms with Crippen molar-refractivity contribution in [2.75, 3.05) is 7.11 Å². The van der Waals surface area contributed by atoms with E-state index < -0.39 is 10.0 Å². The summed E-state index contributed by atoms with van der Waals surface area (Å²) in [6.45, 7) is 0.330. The monoisotopic (exact) mass is 306 g/mol. The fourth-order valence-electron chi connectivity index (χ4n) is 2.03. The molecular weight excluding hydrogens is 288 g/mol. The van der Waals surface area contributed by atoms with Gasteiger partial charge in [0.05, 0.1) is 12.0 Å². The first kappa shape index (κ1) is 15.5. The zero-order chi connectivity index (χ0) is 15.3. The summed E-state index contributed by atoms with van der Waals surface area (Å²) in [5.74, 6) is 0.646. The largest absolute Gasteiger partial charge is 0.496 e. The molecule has 0 saturated heterocycles. The second-order valence-corrected chi connectivity index (χ2v) is 6.18. The third kappa shape index (κ3) is 3.60. The highest BCUT2D eigenvalue weighted by molar-refractivity contribution is 7.89. The van der Waals surface area contributed by atoms with Gasteiger partial charge in [0, 0.05) is 18.7 Å². The SMILES string of the molecule is COc1ccccc1CNS(=O)(=O)c1ccccc1CN. The van der Waals surface area contributed by atoms with E-state index >= 15 is 0 Å². The maximum absolute atomic E-state index is 12.4. The number of sulfonamides is 1. The Balaban J connectivity index is 2.22. The van der Waals surface area contributed by atoms with Crippen molar-refractivity contribution in [2.45, 2.75) is 18.0 Å². The Labute approximate surface area is 124 Å². The van der Waals surface area contributed by atoms with Gasteiger partial charge < -0.3 is 10.5 Å². The van der Waals surface area contributed by atoms with Crippen LogP contribution in [-0.4, -0.2) is 15.5 Å². The van der Waals surface area contributed by atoms with E-state index in [2.05, 4.69) is 4.72 Å². The third-order valence-electron chi connectivity index (χ3n) is 3.13. The topological polar surface area (TPSA) is 81.4 Å². The smallest absolute Gasteiger partial charge is 0.241 e. The third-order valence-corrected chi connectivity index (χ3v) is 4.63. The highest BCUT2D eigenvalue weighted by atomic mass is 32.2. The van der Waals surface area contributed by atoms with Gasteiger partial charge in [-0.3, -0.25) is 0 Å². The number of ether oxygens (including phenoxy) is 1. The Morgan fingerprint density at radius 3 is 2.33 bits per heavy atom. The summed E-state index contributed by atoms with van der Waals surface area (Å²) >= 11 is 0. The van der Waals surface area contributed by atoms with Crippen LogP contribution in [0.1, 0.15) is 11.1 Å². The molecule has 112 valence electrons. The molecule has 5 nitrogen and oxygen atoms in total. The minimum absolute atomic E-state index is 0.158. The molecule has 0 radical (unpaired) electrons. The van der Waals surface area contributed by atoms with Crippen molar-refractivity contribution < 1.29 is 13.2 Å². The lowest BCUT2D eigenvalue weighted by atomic mass is 10.2. The fourth-order valence-corrected chi connectivity index (χ4v) is 3.29. The van der Waals surface area contributed by atoms with Crippen LogP contribution in [0, 0.1) is 0 Å². The van der Waals surface area contributed by atoms with Crippen LogP contribution in [0.15, 0.2) is 53.4 Å². The van der Waals surface area contributed by atoms with Gasteiger partial charge in [-0.1, -0.05) is 36.4 Å². The van der Waals surface area contributed by atoms with E-state index in [1.165, 1.54) is 0 Å². The molecule has 0 heterocycles. The van der Waals surface area contributed by atoms with Gasteiger partial charge >= 0.3 is 0 Å². The summed E-state index contributed by atoms with van der Waals surface area (Å²) < 4.78 is 32.5. The van der Waals surface area contributed by atoms with E-state index in [-0.39, 0.29) is 18.0 Å². The standard InChI is InChI=1S/C15H18N2O3S/c1-20-14-8-4-2-7-13(14)11-17-21(18,19)15-9-5-3-6-12(15)10-16/h2-9,17H,10-11,16H2,1H3. The van der Waals surface area contributed by atoms with Gasteiger partial charge in [0.25, 0.3) is 0 Å². The first-order chi connectivity index (χ1) is 10.1. The summed E-state index contributed by atoms with van der Waals surface area (Å²) in [4.78, 5) is 0.211. The number of nitrogens with one attached hydrogen (secondary N) is 1. The molecule has 6 heteroatoms. The lowest BCUT2D eigenvalue weighted by molar-refractivity contribution is 0.409. The van der Waals surface area contributed by atoms with Crippen molar-refractivity contribution >= 4 is 10.0 Å². The molecule has 0 aromatic heterocycles. The molecule has 0 aliphatic carbocycles. The molecule has 2 aromatic carbocycles. The van der Waals surface area contributed by atoms with Crippen LogP contribution < -0.4 is 15.2 Å². The predicted octanol–water partition coefficient (Wildman–Crippen LogP) is 1.63. The Bertz CT molecular complexity index is 714. The van der Waals surface area contributed by atoms with E-state index in [9.17, 15) is 8.42 Å². The Morgan fingerprint density at radius 2 is 1.67 bits per heavy atom. The normalized spacial score (nSPS) is 11.3. The molecule has 2 rings (SSSR count). The van der Waals surface area contributed by atoms with Gasteiger partial charge in [0.15, 0.2) is 0 Å². The van der Waals surface area contributed by atoms with Crippen LogP contribution in [0.3, 0.4) is 0 Å². The molecule has 0 spiro atoms. The lowest BCUT2D eigenvalue weighted by Crippen LogP contribution is -2.25. The molecule has 0 amide bonds. The quantitative estimate of drug-likeness (QED) is 0.850. The van der Waals surface area contributed by atoms with Crippen LogP contribution in [-0.2, 0) is 23.1 Å². The molecule has 0 fully saturated rings. The van der Waals surface area contributed by atoms with Gasteiger partial charge in [-0.25, -0.2) is 13.1 Å². The number of hydrogen-bond donors (Lipinski definition) is 2. The molecule has 0 bridgehead atoms. The maximum atomic E-state index is 12.4. The number of hydrogen-bond acceptors (Lipinski definition) is 4. The van der Waals surface area contributed by atoms with Gasteiger partial charge in [0.2, 0.25) is 10.0 Å². The van der Waals surface area contributed by atoms with Gasteiger partial charge in [-0.15, -0.1) is 0 Å². The van der Waals surface area contributed by atoms with Crippen LogP contribution in [0.25, 0.3) is 0 Å². The van der Waals surface area contributed by atoms with Crippen LogP contribution in [0.4, 0.5) is 0 Å². The molecule has 2 aromatic rings. The molecule has 21 heavy (non-hydrogen) atoms.